The summed E-state index contributed by atoms with van der Waals surface area (Å²) in [6, 6.07) is 3.39. The van der Waals surface area contributed by atoms with Gasteiger partial charge in [0.15, 0.2) is 0 Å². The lowest BCUT2D eigenvalue weighted by Gasteiger charge is -2.00. The molecule has 0 unspecified atom stereocenters. The Morgan fingerprint density at radius 1 is 1.67 bits per heavy atom. The van der Waals surface area contributed by atoms with E-state index in [4.69, 9.17) is 0 Å². The molecule has 0 atom stereocenters. The molecule has 0 aromatic carbocycles. The van der Waals surface area contributed by atoms with Gasteiger partial charge >= 0.3 is 0 Å². The fourth-order valence-corrected chi connectivity index (χ4v) is 1.10. The molecule has 4 nitrogen and oxygen atoms in total. The molecule has 65 valence electrons. The standard InChI is InChI=1S/C7H9N2O2S/c1-12(10,11)9-6-7-3-2-4-8-5-7/h2-3,5,9H,6H2,1H3. The van der Waals surface area contributed by atoms with Crippen molar-refractivity contribution in [3.8, 4) is 0 Å². The van der Waals surface area contributed by atoms with Crippen LogP contribution in [0.1, 0.15) is 5.56 Å². The molecule has 1 aromatic rings. The second-order valence-corrected chi connectivity index (χ2v) is 4.22. The molecular formula is C7H9N2O2S. The molecule has 0 fully saturated rings. The van der Waals surface area contributed by atoms with E-state index in [0.717, 1.165) is 11.8 Å². The van der Waals surface area contributed by atoms with Gasteiger partial charge in [-0.2, -0.15) is 0 Å². The molecule has 12 heavy (non-hydrogen) atoms. The molecular weight excluding hydrogens is 176 g/mol. The predicted molar refractivity (Wildman–Crippen MR) is 44.8 cm³/mol. The minimum Gasteiger partial charge on any atom is -0.254 e. The van der Waals surface area contributed by atoms with Gasteiger partial charge < -0.3 is 0 Å². The van der Waals surface area contributed by atoms with Gasteiger partial charge in [0, 0.05) is 12.7 Å². The Labute approximate surface area is 71.7 Å². The predicted octanol–water partition coefficient (Wildman–Crippen LogP) is -0.0690. The van der Waals surface area contributed by atoms with Crippen LogP contribution >= 0.6 is 0 Å². The number of hydrogen-bond acceptors (Lipinski definition) is 3. The average molecular weight is 185 g/mol. The summed E-state index contributed by atoms with van der Waals surface area (Å²) in [6.07, 6.45) is 5.29. The molecule has 1 radical (unpaired) electrons. The van der Waals surface area contributed by atoms with Crippen molar-refractivity contribution in [3.63, 3.8) is 0 Å². The van der Waals surface area contributed by atoms with Crippen LogP contribution in [0.4, 0.5) is 0 Å². The summed E-state index contributed by atoms with van der Waals surface area (Å²) in [5.41, 5.74) is 0.819. The molecule has 0 saturated carbocycles. The van der Waals surface area contributed by atoms with E-state index in [1.165, 1.54) is 0 Å². The highest BCUT2D eigenvalue weighted by Crippen LogP contribution is 1.94. The first-order valence-electron chi connectivity index (χ1n) is 3.33. The van der Waals surface area contributed by atoms with E-state index in [1.807, 2.05) is 0 Å². The fourth-order valence-electron chi connectivity index (χ4n) is 0.670. The van der Waals surface area contributed by atoms with Crippen LogP contribution in [0.5, 0.6) is 0 Å². The van der Waals surface area contributed by atoms with Crippen LogP contribution in [0.25, 0.3) is 0 Å². The molecule has 0 aliphatic carbocycles. The Kier molecular flexibility index (Phi) is 2.78. The monoisotopic (exact) mass is 185 g/mol. The average Bonchev–Trinajstić information content (AvgIpc) is 2.02. The number of nitrogens with one attached hydrogen (secondary N) is 1. The van der Waals surface area contributed by atoms with E-state index in [2.05, 4.69) is 15.9 Å². The third-order valence-electron chi connectivity index (χ3n) is 1.22. The van der Waals surface area contributed by atoms with E-state index in [1.54, 1.807) is 18.3 Å². The second kappa shape index (κ2) is 3.64. The van der Waals surface area contributed by atoms with E-state index in [-0.39, 0.29) is 6.54 Å². The molecule has 0 amide bonds. The van der Waals surface area contributed by atoms with Gasteiger partial charge in [-0.05, 0) is 11.6 Å². The highest BCUT2D eigenvalue weighted by atomic mass is 32.2. The number of aromatic nitrogens is 1. The van der Waals surface area contributed by atoms with Crippen LogP contribution < -0.4 is 4.72 Å². The summed E-state index contributed by atoms with van der Waals surface area (Å²) in [5, 5.41) is 0. The van der Waals surface area contributed by atoms with Crippen molar-refractivity contribution in [1.29, 1.82) is 0 Å². The normalized spacial score (nSPS) is 11.4. The van der Waals surface area contributed by atoms with Gasteiger partial charge in [-0.3, -0.25) is 4.98 Å². The Morgan fingerprint density at radius 3 is 2.92 bits per heavy atom. The van der Waals surface area contributed by atoms with Crippen LogP contribution in [0, 0.1) is 6.20 Å². The van der Waals surface area contributed by atoms with E-state index in [0.29, 0.717) is 0 Å². The summed E-state index contributed by atoms with van der Waals surface area (Å²) >= 11 is 0. The van der Waals surface area contributed by atoms with Crippen LogP contribution in [-0.2, 0) is 16.6 Å². The Morgan fingerprint density at radius 2 is 2.42 bits per heavy atom. The zero-order valence-corrected chi connectivity index (χ0v) is 7.43. The molecule has 0 aliphatic heterocycles. The summed E-state index contributed by atoms with van der Waals surface area (Å²) in [5.74, 6) is 0. The second-order valence-electron chi connectivity index (χ2n) is 2.39. The zero-order chi connectivity index (χ0) is 9.03. The maximum Gasteiger partial charge on any atom is 0.209 e. The molecule has 1 rings (SSSR count). The smallest absolute Gasteiger partial charge is 0.209 e. The summed E-state index contributed by atoms with van der Waals surface area (Å²) in [6.45, 7) is 0.278. The highest BCUT2D eigenvalue weighted by Gasteiger charge is 1.99. The number of hydrogen-bond donors (Lipinski definition) is 1. The molecule has 1 N–H and O–H groups in total. The van der Waals surface area contributed by atoms with E-state index in [9.17, 15) is 8.42 Å². The first-order valence-corrected chi connectivity index (χ1v) is 5.23. The summed E-state index contributed by atoms with van der Waals surface area (Å²) < 4.78 is 23.7. The molecule has 0 bridgehead atoms. The van der Waals surface area contributed by atoms with Crippen molar-refractivity contribution in [2.75, 3.05) is 6.26 Å². The minimum absolute atomic E-state index is 0.278. The maximum atomic E-state index is 10.7. The van der Waals surface area contributed by atoms with Gasteiger partial charge in [-0.25, -0.2) is 13.1 Å². The van der Waals surface area contributed by atoms with Crippen LogP contribution in [-0.4, -0.2) is 19.7 Å². The van der Waals surface area contributed by atoms with Crippen molar-refractivity contribution in [2.45, 2.75) is 6.54 Å². The number of pyridine rings is 1. The van der Waals surface area contributed by atoms with Crippen molar-refractivity contribution >= 4 is 10.0 Å². The number of sulfonamides is 1. The fraction of sp³-hybridized carbons (Fsp3) is 0.286. The first-order chi connectivity index (χ1) is 5.58. The lowest BCUT2D eigenvalue weighted by Crippen LogP contribution is -2.21. The maximum absolute atomic E-state index is 10.7. The molecule has 5 heteroatoms. The lowest BCUT2D eigenvalue weighted by molar-refractivity contribution is 0.587. The summed E-state index contributed by atoms with van der Waals surface area (Å²) in [4.78, 5) is 3.73. The van der Waals surface area contributed by atoms with Gasteiger partial charge in [0.2, 0.25) is 10.0 Å². The lowest BCUT2D eigenvalue weighted by atomic mass is 10.3. The molecule has 1 heterocycles. The van der Waals surface area contributed by atoms with Crippen LogP contribution in [0.3, 0.4) is 0 Å². The Bertz CT molecular complexity index is 334. The van der Waals surface area contributed by atoms with Gasteiger partial charge in [0.05, 0.1) is 12.5 Å². The topological polar surface area (TPSA) is 59.1 Å². The zero-order valence-electron chi connectivity index (χ0n) is 6.61. The van der Waals surface area contributed by atoms with Gasteiger partial charge in [-0.1, -0.05) is 6.07 Å². The van der Waals surface area contributed by atoms with Gasteiger partial charge in [0.1, 0.15) is 0 Å². The number of nitrogens with zero attached hydrogens (tertiary/aromatic N) is 1. The molecule has 0 aliphatic rings. The van der Waals surface area contributed by atoms with Crippen molar-refractivity contribution in [3.05, 3.63) is 30.1 Å². The Hall–Kier alpha value is -0.940. The van der Waals surface area contributed by atoms with Crippen molar-refractivity contribution < 1.29 is 8.42 Å². The molecule has 1 aromatic heterocycles. The molecule has 0 saturated heterocycles. The van der Waals surface area contributed by atoms with Crippen molar-refractivity contribution in [2.24, 2.45) is 0 Å². The highest BCUT2D eigenvalue weighted by molar-refractivity contribution is 7.88. The third-order valence-corrected chi connectivity index (χ3v) is 1.88. The van der Waals surface area contributed by atoms with Gasteiger partial charge in [0.25, 0.3) is 0 Å². The summed E-state index contributed by atoms with van der Waals surface area (Å²) in [7, 11) is -3.11. The minimum atomic E-state index is -3.11. The Balaban J connectivity index is 2.56. The van der Waals surface area contributed by atoms with Crippen LogP contribution in [0.2, 0.25) is 0 Å². The van der Waals surface area contributed by atoms with E-state index < -0.39 is 10.0 Å². The SMILES string of the molecule is CS(=O)(=O)NCc1cc[c]nc1. The van der Waals surface area contributed by atoms with Crippen LogP contribution in [0.15, 0.2) is 18.3 Å². The third kappa shape index (κ3) is 3.45. The van der Waals surface area contributed by atoms with E-state index >= 15 is 0 Å². The largest absolute Gasteiger partial charge is 0.254 e. The number of rotatable bonds is 3. The molecule has 0 spiro atoms. The quantitative estimate of drug-likeness (QED) is 0.717. The van der Waals surface area contributed by atoms with Crippen molar-refractivity contribution in [1.82, 2.24) is 9.71 Å². The van der Waals surface area contributed by atoms with Gasteiger partial charge in [-0.15, -0.1) is 0 Å². The first kappa shape index (κ1) is 9.15.